The van der Waals surface area contributed by atoms with Gasteiger partial charge in [-0.05, 0) is 159 Å². The summed E-state index contributed by atoms with van der Waals surface area (Å²) in [5, 5.41) is 15.9. The molecular formula is C58H78Cl6N6O3. The molecule has 400 valence electrons. The van der Waals surface area contributed by atoms with Crippen molar-refractivity contribution in [1.29, 1.82) is 0 Å². The van der Waals surface area contributed by atoms with E-state index in [1.807, 2.05) is 81.4 Å². The zero-order valence-corrected chi connectivity index (χ0v) is 48.3. The van der Waals surface area contributed by atoms with Crippen LogP contribution >= 0.6 is 69.6 Å². The summed E-state index contributed by atoms with van der Waals surface area (Å²) < 4.78 is 0. The van der Waals surface area contributed by atoms with Gasteiger partial charge in [-0.2, -0.15) is 0 Å². The number of hydrogen-bond donors (Lipinski definition) is 2. The summed E-state index contributed by atoms with van der Waals surface area (Å²) >= 11 is 37.8. The van der Waals surface area contributed by atoms with Crippen LogP contribution in [0.4, 0.5) is 11.4 Å². The molecule has 0 aliphatic carbocycles. The molecule has 4 aliphatic rings. The number of amides is 1. The summed E-state index contributed by atoms with van der Waals surface area (Å²) in [6.07, 6.45) is 8.17. The van der Waals surface area contributed by atoms with Crippen molar-refractivity contribution in [3.05, 3.63) is 126 Å². The molecule has 15 heteroatoms. The maximum absolute atomic E-state index is 12.6. The van der Waals surface area contributed by atoms with Crippen LogP contribution in [0, 0.1) is 22.7 Å². The molecule has 4 aromatic carbocycles. The first kappa shape index (κ1) is 59.3. The smallest absolute Gasteiger partial charge is 0.303 e. The average Bonchev–Trinajstić information content (AvgIpc) is 3.33. The van der Waals surface area contributed by atoms with Crippen LogP contribution in [0.25, 0.3) is 0 Å². The van der Waals surface area contributed by atoms with Gasteiger partial charge in [0.05, 0.1) is 39.9 Å². The largest absolute Gasteiger partial charge is 0.481 e. The fourth-order valence-electron chi connectivity index (χ4n) is 10.4. The van der Waals surface area contributed by atoms with Crippen molar-refractivity contribution in [2.75, 3.05) is 88.3 Å². The number of piperidine rings is 2. The molecule has 0 bridgehead atoms. The third kappa shape index (κ3) is 19.2. The minimum atomic E-state index is -0.725. The van der Waals surface area contributed by atoms with E-state index in [4.69, 9.17) is 74.7 Å². The zero-order valence-electron chi connectivity index (χ0n) is 43.8. The molecule has 4 saturated heterocycles. The van der Waals surface area contributed by atoms with Crippen molar-refractivity contribution in [2.45, 2.75) is 105 Å². The number of carboxylic acid groups (broad SMARTS) is 1. The first-order chi connectivity index (χ1) is 34.6. The molecule has 9 nitrogen and oxygen atoms in total. The Balaban J connectivity index is 0.000000210. The van der Waals surface area contributed by atoms with E-state index < -0.39 is 5.97 Å². The Morgan fingerprint density at radius 1 is 0.534 bits per heavy atom. The fourth-order valence-corrected chi connectivity index (χ4v) is 11.7. The summed E-state index contributed by atoms with van der Waals surface area (Å²) in [5.41, 5.74) is 4.55. The van der Waals surface area contributed by atoms with E-state index in [9.17, 15) is 9.59 Å². The van der Waals surface area contributed by atoms with Gasteiger partial charge in [-0.15, -0.1) is 0 Å². The standard InChI is InChI=1S/C29H38Cl3N3O.C23H28Cl3N3.C6H12O2/c1-29(2,3)19-28(36)34-14-11-21(12-15-34)10-13-33-16-17-35(26-9-8-24(31)18-25(26)32)27(20-33)22-4-6-23(30)7-5-22;24-19-3-1-18(2-4-19)23-16-28(12-9-17-7-10-27-11-8-17)13-14-29(23)22-6-5-20(25)15-21(22)26;1-6(2,3)4-5(7)8/h4-9,18,21,27H,10-17,19-20H2,1-3H3;1-6,15,17,23,27H,7-14,16H2;4H2,1-3H3,(H,7,8)/t27-;23-;/m00./s1. The maximum Gasteiger partial charge on any atom is 0.303 e. The van der Waals surface area contributed by atoms with Crippen LogP contribution in [0.2, 0.25) is 30.1 Å². The summed E-state index contributed by atoms with van der Waals surface area (Å²) in [7, 11) is 0. The molecule has 4 aromatic rings. The molecule has 1 amide bonds. The molecule has 2 atom stereocenters. The van der Waals surface area contributed by atoms with Crippen LogP contribution in [-0.2, 0) is 9.59 Å². The number of carboxylic acids is 1. The zero-order chi connectivity index (χ0) is 52.9. The highest BCUT2D eigenvalue weighted by molar-refractivity contribution is 6.37. The number of anilines is 2. The highest BCUT2D eigenvalue weighted by atomic mass is 35.5. The quantitative estimate of drug-likeness (QED) is 0.145. The van der Waals surface area contributed by atoms with Crippen LogP contribution in [0.1, 0.15) is 116 Å². The van der Waals surface area contributed by atoms with E-state index in [0.717, 1.165) is 106 Å². The Morgan fingerprint density at radius 3 is 1.30 bits per heavy atom. The molecule has 4 aliphatic heterocycles. The number of rotatable bonds is 12. The highest BCUT2D eigenvalue weighted by Gasteiger charge is 2.33. The van der Waals surface area contributed by atoms with Gasteiger partial charge < -0.3 is 25.1 Å². The van der Waals surface area contributed by atoms with Gasteiger partial charge in [0.1, 0.15) is 0 Å². The van der Waals surface area contributed by atoms with E-state index in [2.05, 4.69) is 74.9 Å². The molecule has 73 heavy (non-hydrogen) atoms. The van der Waals surface area contributed by atoms with E-state index in [1.165, 1.54) is 49.9 Å². The molecule has 0 aromatic heterocycles. The second-order valence-electron chi connectivity index (χ2n) is 22.8. The van der Waals surface area contributed by atoms with Gasteiger partial charge in [-0.3, -0.25) is 19.4 Å². The number of nitrogens with zero attached hydrogens (tertiary/aromatic N) is 5. The van der Waals surface area contributed by atoms with Crippen molar-refractivity contribution in [2.24, 2.45) is 22.7 Å². The SMILES string of the molecule is CC(C)(C)CC(=O)N1CCC(CCN2CCN(c3ccc(Cl)cc3Cl)[C@H](c3ccc(Cl)cc3)C2)CC1.CC(C)(C)CC(=O)O.Clc1ccc([C@@H]2CN(CCC3CCNCC3)CCN2c2ccc(Cl)cc2Cl)cc1. The van der Waals surface area contributed by atoms with Crippen LogP contribution in [0.3, 0.4) is 0 Å². The minimum absolute atomic E-state index is 0.0486. The average molecular weight is 1120 g/mol. The van der Waals surface area contributed by atoms with E-state index >= 15 is 0 Å². The Kier molecular flexibility index (Phi) is 22.7. The topological polar surface area (TPSA) is 82.6 Å². The summed E-state index contributed by atoms with van der Waals surface area (Å²) in [4.78, 5) is 34.7. The molecule has 4 fully saturated rings. The van der Waals surface area contributed by atoms with Gasteiger partial charge in [-0.1, -0.05) is 135 Å². The van der Waals surface area contributed by atoms with Crippen LogP contribution in [0.5, 0.6) is 0 Å². The second-order valence-corrected chi connectivity index (χ2v) is 25.3. The van der Waals surface area contributed by atoms with Crippen LogP contribution in [-0.4, -0.2) is 110 Å². The molecule has 8 rings (SSSR count). The molecule has 0 radical (unpaired) electrons. The van der Waals surface area contributed by atoms with Crippen LogP contribution in [0.15, 0.2) is 84.9 Å². The molecule has 4 heterocycles. The van der Waals surface area contributed by atoms with Gasteiger partial charge in [0.2, 0.25) is 5.91 Å². The van der Waals surface area contributed by atoms with Crippen LogP contribution < -0.4 is 15.1 Å². The van der Waals surface area contributed by atoms with Crippen molar-refractivity contribution in [1.82, 2.24) is 20.0 Å². The lowest BCUT2D eigenvalue weighted by Gasteiger charge is -2.44. The van der Waals surface area contributed by atoms with Gasteiger partial charge in [0, 0.05) is 78.9 Å². The Labute approximate surface area is 466 Å². The number of likely N-dealkylation sites (tertiary alicyclic amines) is 1. The number of piperazine rings is 2. The first-order valence-corrected chi connectivity index (χ1v) is 28.5. The summed E-state index contributed by atoms with van der Waals surface area (Å²) in [5.74, 6) is 1.12. The summed E-state index contributed by atoms with van der Waals surface area (Å²) in [6, 6.07) is 28.4. The number of carbonyl (C=O) groups excluding carboxylic acids is 1. The predicted molar refractivity (Wildman–Crippen MR) is 309 cm³/mol. The second kappa shape index (κ2) is 27.9. The van der Waals surface area contributed by atoms with E-state index in [0.29, 0.717) is 38.3 Å². The monoisotopic (exact) mass is 1120 g/mol. The number of benzene rings is 4. The maximum atomic E-state index is 12.6. The van der Waals surface area contributed by atoms with Gasteiger partial charge in [0.15, 0.2) is 0 Å². The fraction of sp³-hybridized carbons (Fsp3) is 0.552. The van der Waals surface area contributed by atoms with Crippen molar-refractivity contribution >= 4 is 92.9 Å². The molecule has 0 spiro atoms. The highest BCUT2D eigenvalue weighted by Crippen LogP contribution is 2.39. The third-order valence-corrected chi connectivity index (χ3v) is 16.0. The Morgan fingerprint density at radius 2 is 0.932 bits per heavy atom. The first-order valence-electron chi connectivity index (χ1n) is 26.2. The number of carbonyl (C=O) groups is 2. The normalized spacial score (nSPS) is 19.7. The van der Waals surface area contributed by atoms with E-state index in [-0.39, 0.29) is 29.3 Å². The number of halogens is 6. The van der Waals surface area contributed by atoms with Gasteiger partial charge in [-0.25, -0.2) is 0 Å². The lowest BCUT2D eigenvalue weighted by Crippen LogP contribution is -2.49. The lowest BCUT2D eigenvalue weighted by molar-refractivity contribution is -0.139. The van der Waals surface area contributed by atoms with Gasteiger partial charge >= 0.3 is 5.97 Å². The third-order valence-electron chi connectivity index (χ3n) is 14.4. The molecular weight excluding hydrogens is 1040 g/mol. The predicted octanol–water partition coefficient (Wildman–Crippen LogP) is 15.0. The minimum Gasteiger partial charge on any atom is -0.481 e. The Hall–Kier alpha value is -2.96. The van der Waals surface area contributed by atoms with Crippen molar-refractivity contribution in [3.8, 4) is 0 Å². The summed E-state index contributed by atoms with van der Waals surface area (Å²) in [6.45, 7) is 24.3. The Bertz CT molecular complexity index is 2360. The lowest BCUT2D eigenvalue weighted by atomic mass is 9.89. The van der Waals surface area contributed by atoms with Crippen molar-refractivity contribution < 1.29 is 14.7 Å². The number of aliphatic carboxylic acids is 1. The number of nitrogens with one attached hydrogen (secondary N) is 1. The number of hydrogen-bond acceptors (Lipinski definition) is 7. The molecule has 0 saturated carbocycles. The van der Waals surface area contributed by atoms with Crippen molar-refractivity contribution in [3.63, 3.8) is 0 Å². The van der Waals surface area contributed by atoms with E-state index in [1.54, 1.807) is 0 Å². The molecule has 2 N–H and O–H groups in total. The molecule has 0 unspecified atom stereocenters. The van der Waals surface area contributed by atoms with Gasteiger partial charge in [0.25, 0.3) is 0 Å².